The van der Waals surface area contributed by atoms with Crippen LogP contribution in [0, 0.1) is 0 Å². The summed E-state index contributed by atoms with van der Waals surface area (Å²) in [6.45, 7) is 3.64. The smallest absolute Gasteiger partial charge is 0.258 e. The van der Waals surface area contributed by atoms with Gasteiger partial charge in [0.1, 0.15) is 5.75 Å². The fourth-order valence-corrected chi connectivity index (χ4v) is 2.34. The molecule has 0 aromatic heterocycles. The second-order valence-corrected chi connectivity index (χ2v) is 5.93. The Hall–Kier alpha value is -1.38. The number of benzene rings is 1. The molecule has 0 radical (unpaired) electrons. The minimum Gasteiger partial charge on any atom is -0.483 e. The molecule has 1 amide bonds. The van der Waals surface area contributed by atoms with Crippen molar-refractivity contribution in [3.63, 3.8) is 0 Å². The van der Waals surface area contributed by atoms with Gasteiger partial charge >= 0.3 is 0 Å². The Balaban J connectivity index is 2.71. The number of carbonyl (C=O) groups is 1. The van der Waals surface area contributed by atoms with Gasteiger partial charge in [0.15, 0.2) is 6.61 Å². The molecule has 0 heterocycles. The van der Waals surface area contributed by atoms with Crippen LogP contribution in [0.5, 0.6) is 5.75 Å². The highest BCUT2D eigenvalue weighted by Gasteiger charge is 2.11. The molecule has 0 bridgehead atoms. The van der Waals surface area contributed by atoms with E-state index in [2.05, 4.69) is 27.8 Å². The quantitative estimate of drug-likeness (QED) is 0.742. The molecule has 0 fully saturated rings. The molecule has 0 atom stereocenters. The fraction of sp³-hybridized carbons (Fsp3) is 0.182. The summed E-state index contributed by atoms with van der Waals surface area (Å²) < 4.78 is 27.9. The molecule has 6 nitrogen and oxygen atoms in total. The molecule has 1 aromatic rings. The number of ether oxygens (including phenoxy) is 1. The molecular formula is C11H13BrN2O4S. The highest BCUT2D eigenvalue weighted by atomic mass is 79.9. The maximum absolute atomic E-state index is 11.3. The molecule has 0 aliphatic rings. The minimum absolute atomic E-state index is 0.0390. The molecular weight excluding hydrogens is 336 g/mol. The predicted molar refractivity (Wildman–Crippen MR) is 74.2 cm³/mol. The highest BCUT2D eigenvalue weighted by molar-refractivity contribution is 9.10. The van der Waals surface area contributed by atoms with E-state index < -0.39 is 10.0 Å². The third kappa shape index (κ3) is 5.01. The zero-order valence-corrected chi connectivity index (χ0v) is 12.3. The number of rotatable bonds is 6. The zero-order chi connectivity index (χ0) is 14.5. The summed E-state index contributed by atoms with van der Waals surface area (Å²) in [7, 11) is -3.76. The van der Waals surface area contributed by atoms with Gasteiger partial charge in [0.2, 0.25) is 10.0 Å². The number of nitrogens with one attached hydrogen (secondary N) is 1. The van der Waals surface area contributed by atoms with Gasteiger partial charge in [0.05, 0.1) is 9.37 Å². The number of sulfonamides is 1. The number of hydrogen-bond donors (Lipinski definition) is 2. The molecule has 0 unspecified atom stereocenters. The van der Waals surface area contributed by atoms with Crippen molar-refractivity contribution in [1.29, 1.82) is 0 Å². The van der Waals surface area contributed by atoms with Gasteiger partial charge in [-0.05, 0) is 34.1 Å². The van der Waals surface area contributed by atoms with E-state index in [-0.39, 0.29) is 17.4 Å². The van der Waals surface area contributed by atoms with Crippen LogP contribution in [0.15, 0.2) is 40.2 Å². The zero-order valence-electron chi connectivity index (χ0n) is 9.93. The number of hydrogen-bond acceptors (Lipinski definition) is 4. The lowest BCUT2D eigenvalue weighted by atomic mass is 10.3. The second-order valence-electron chi connectivity index (χ2n) is 3.52. The van der Waals surface area contributed by atoms with Crippen LogP contribution in [0.1, 0.15) is 0 Å². The van der Waals surface area contributed by atoms with E-state index in [9.17, 15) is 13.2 Å². The van der Waals surface area contributed by atoms with Crippen molar-refractivity contribution in [3.8, 4) is 5.75 Å². The van der Waals surface area contributed by atoms with Crippen molar-refractivity contribution in [2.45, 2.75) is 4.90 Å². The van der Waals surface area contributed by atoms with E-state index >= 15 is 0 Å². The summed E-state index contributed by atoms with van der Waals surface area (Å²) >= 11 is 3.15. The van der Waals surface area contributed by atoms with E-state index in [1.54, 1.807) is 6.08 Å². The van der Waals surface area contributed by atoms with Crippen LogP contribution in [0.3, 0.4) is 0 Å². The summed E-state index contributed by atoms with van der Waals surface area (Å²) in [6.07, 6.45) is 1.55. The second kappa shape index (κ2) is 6.69. The van der Waals surface area contributed by atoms with Gasteiger partial charge in [-0.2, -0.15) is 0 Å². The largest absolute Gasteiger partial charge is 0.483 e. The van der Waals surface area contributed by atoms with Crippen molar-refractivity contribution in [3.05, 3.63) is 35.3 Å². The summed E-state index contributed by atoms with van der Waals surface area (Å²) in [5.74, 6) is 0.0449. The van der Waals surface area contributed by atoms with Crippen molar-refractivity contribution < 1.29 is 17.9 Å². The average molecular weight is 349 g/mol. The number of halogens is 1. The lowest BCUT2D eigenvalue weighted by molar-refractivity contribution is -0.122. The molecule has 8 heteroatoms. The first-order chi connectivity index (χ1) is 8.84. The predicted octanol–water partition coefficient (Wildman–Crippen LogP) is 0.778. The standard InChI is InChI=1S/C11H13BrN2O4S/c1-2-5-14-11(15)7-18-10-4-3-8(6-9(10)12)19(13,16)17/h2-4,6H,1,5,7H2,(H,14,15)(H2,13,16,17). The minimum atomic E-state index is -3.76. The van der Waals surface area contributed by atoms with Crippen LogP contribution in [0.2, 0.25) is 0 Å². The molecule has 0 aliphatic heterocycles. The third-order valence-electron chi connectivity index (χ3n) is 2.03. The first kappa shape index (κ1) is 15.7. The molecule has 3 N–H and O–H groups in total. The maximum atomic E-state index is 11.3. The molecule has 1 aromatic carbocycles. The Labute approximate surface area is 119 Å². The van der Waals surface area contributed by atoms with E-state index in [0.717, 1.165) is 0 Å². The van der Waals surface area contributed by atoms with Gasteiger partial charge in [0.25, 0.3) is 5.91 Å². The van der Waals surface area contributed by atoms with E-state index in [1.165, 1.54) is 18.2 Å². The van der Waals surface area contributed by atoms with Crippen LogP contribution in [0.25, 0.3) is 0 Å². The number of primary sulfonamides is 1. The molecule has 104 valence electrons. The normalized spacial score (nSPS) is 10.8. The van der Waals surface area contributed by atoms with Gasteiger partial charge < -0.3 is 10.1 Å². The molecule has 1 rings (SSSR count). The molecule has 0 aliphatic carbocycles. The van der Waals surface area contributed by atoms with Crippen LogP contribution in [0.4, 0.5) is 0 Å². The summed E-state index contributed by atoms with van der Waals surface area (Å²) in [5, 5.41) is 7.53. The Morgan fingerprint density at radius 2 is 2.21 bits per heavy atom. The Morgan fingerprint density at radius 3 is 2.74 bits per heavy atom. The Bertz CT molecular complexity index is 586. The highest BCUT2D eigenvalue weighted by Crippen LogP contribution is 2.27. The van der Waals surface area contributed by atoms with Gasteiger partial charge in [-0.25, -0.2) is 13.6 Å². The first-order valence-corrected chi connectivity index (χ1v) is 7.51. The number of carbonyl (C=O) groups excluding carboxylic acids is 1. The fourth-order valence-electron chi connectivity index (χ4n) is 1.16. The topological polar surface area (TPSA) is 98.5 Å². The van der Waals surface area contributed by atoms with Crippen LogP contribution >= 0.6 is 15.9 Å². The maximum Gasteiger partial charge on any atom is 0.258 e. The summed E-state index contributed by atoms with van der Waals surface area (Å²) in [6, 6.07) is 4.04. The van der Waals surface area contributed by atoms with E-state index in [0.29, 0.717) is 16.8 Å². The molecule has 0 saturated heterocycles. The molecule has 19 heavy (non-hydrogen) atoms. The van der Waals surface area contributed by atoms with E-state index in [1.807, 2.05) is 0 Å². The van der Waals surface area contributed by atoms with Crippen molar-refractivity contribution >= 4 is 31.9 Å². The monoisotopic (exact) mass is 348 g/mol. The van der Waals surface area contributed by atoms with E-state index in [4.69, 9.17) is 9.88 Å². The Morgan fingerprint density at radius 1 is 1.53 bits per heavy atom. The third-order valence-corrected chi connectivity index (χ3v) is 3.56. The van der Waals surface area contributed by atoms with Gasteiger partial charge in [-0.1, -0.05) is 6.08 Å². The lowest BCUT2D eigenvalue weighted by Crippen LogP contribution is -2.28. The SMILES string of the molecule is C=CCNC(=O)COc1ccc(S(N)(=O)=O)cc1Br. The summed E-state index contributed by atoms with van der Waals surface area (Å²) in [4.78, 5) is 11.3. The lowest BCUT2D eigenvalue weighted by Gasteiger charge is -2.09. The summed E-state index contributed by atoms with van der Waals surface area (Å²) in [5.41, 5.74) is 0. The average Bonchev–Trinajstić information content (AvgIpc) is 2.33. The molecule has 0 saturated carbocycles. The van der Waals surface area contributed by atoms with Gasteiger partial charge in [0, 0.05) is 6.54 Å². The first-order valence-electron chi connectivity index (χ1n) is 5.17. The van der Waals surface area contributed by atoms with Gasteiger partial charge in [-0.15, -0.1) is 6.58 Å². The molecule has 0 spiro atoms. The number of amides is 1. The van der Waals surface area contributed by atoms with Crippen LogP contribution in [-0.2, 0) is 14.8 Å². The van der Waals surface area contributed by atoms with Crippen LogP contribution < -0.4 is 15.2 Å². The Kier molecular flexibility index (Phi) is 5.52. The van der Waals surface area contributed by atoms with Gasteiger partial charge in [-0.3, -0.25) is 4.79 Å². The van der Waals surface area contributed by atoms with Crippen molar-refractivity contribution in [2.24, 2.45) is 5.14 Å². The van der Waals surface area contributed by atoms with Crippen molar-refractivity contribution in [2.75, 3.05) is 13.2 Å². The number of nitrogens with two attached hydrogens (primary N) is 1. The van der Waals surface area contributed by atoms with Crippen LogP contribution in [-0.4, -0.2) is 27.5 Å². The van der Waals surface area contributed by atoms with Crippen molar-refractivity contribution in [1.82, 2.24) is 5.32 Å².